The number of fused-ring (bicyclic) bond motifs is 2. The third kappa shape index (κ3) is 3.58. The van der Waals surface area contributed by atoms with Crippen molar-refractivity contribution in [3.63, 3.8) is 0 Å². The van der Waals surface area contributed by atoms with Crippen LogP contribution in [0, 0.1) is 0 Å². The van der Waals surface area contributed by atoms with Crippen molar-refractivity contribution in [2.75, 3.05) is 13.2 Å². The maximum absolute atomic E-state index is 12.3. The van der Waals surface area contributed by atoms with E-state index in [0.29, 0.717) is 29.5 Å². The molecule has 0 bridgehead atoms. The van der Waals surface area contributed by atoms with Crippen molar-refractivity contribution in [1.29, 1.82) is 0 Å². The minimum absolute atomic E-state index is 0.150. The molecule has 0 aliphatic heterocycles. The van der Waals surface area contributed by atoms with Gasteiger partial charge >= 0.3 is 0 Å². The Hall–Kier alpha value is -3.85. The van der Waals surface area contributed by atoms with E-state index in [4.69, 9.17) is 4.74 Å². The monoisotopic (exact) mass is 416 g/mol. The SMILES string of the molecule is O=C(NCCOc1ccc2nnc(-c3ccccc3)n2n1)c1ccc2ncsc2c1. The molecule has 0 atom stereocenters. The van der Waals surface area contributed by atoms with Crippen LogP contribution in [0.2, 0.25) is 0 Å². The minimum Gasteiger partial charge on any atom is -0.475 e. The quantitative estimate of drug-likeness (QED) is 0.427. The lowest BCUT2D eigenvalue weighted by Gasteiger charge is -2.08. The lowest BCUT2D eigenvalue weighted by Crippen LogP contribution is -2.28. The van der Waals surface area contributed by atoms with E-state index in [2.05, 4.69) is 25.6 Å². The minimum atomic E-state index is -0.150. The summed E-state index contributed by atoms with van der Waals surface area (Å²) in [5.41, 5.74) is 4.81. The van der Waals surface area contributed by atoms with E-state index in [1.807, 2.05) is 42.5 Å². The van der Waals surface area contributed by atoms with Crippen molar-refractivity contribution in [2.45, 2.75) is 0 Å². The highest BCUT2D eigenvalue weighted by Gasteiger charge is 2.11. The molecule has 148 valence electrons. The Morgan fingerprint density at radius 1 is 1.07 bits per heavy atom. The smallest absolute Gasteiger partial charge is 0.251 e. The van der Waals surface area contributed by atoms with Gasteiger partial charge in [-0.05, 0) is 24.3 Å². The first-order valence-electron chi connectivity index (χ1n) is 9.30. The van der Waals surface area contributed by atoms with Crippen LogP contribution in [-0.4, -0.2) is 43.9 Å². The number of ether oxygens (including phenoxy) is 1. The summed E-state index contributed by atoms with van der Waals surface area (Å²) in [5.74, 6) is 0.921. The fourth-order valence-electron chi connectivity index (χ4n) is 3.03. The summed E-state index contributed by atoms with van der Waals surface area (Å²) in [5, 5.41) is 15.7. The lowest BCUT2D eigenvalue weighted by atomic mass is 10.2. The third-order valence-corrected chi connectivity index (χ3v) is 5.29. The van der Waals surface area contributed by atoms with Gasteiger partial charge in [-0.25, -0.2) is 4.98 Å². The molecule has 5 aromatic rings. The van der Waals surface area contributed by atoms with Gasteiger partial charge in [-0.3, -0.25) is 4.79 Å². The number of benzene rings is 2. The van der Waals surface area contributed by atoms with Crippen LogP contribution in [0.5, 0.6) is 5.88 Å². The van der Waals surface area contributed by atoms with E-state index in [0.717, 1.165) is 15.8 Å². The summed E-state index contributed by atoms with van der Waals surface area (Å²) in [7, 11) is 0. The average Bonchev–Trinajstić information content (AvgIpc) is 3.43. The molecule has 0 unspecified atom stereocenters. The summed E-state index contributed by atoms with van der Waals surface area (Å²) in [4.78, 5) is 16.6. The maximum Gasteiger partial charge on any atom is 0.251 e. The number of amides is 1. The van der Waals surface area contributed by atoms with E-state index < -0.39 is 0 Å². The van der Waals surface area contributed by atoms with Crippen molar-refractivity contribution in [1.82, 2.24) is 30.1 Å². The highest BCUT2D eigenvalue weighted by Crippen LogP contribution is 2.20. The zero-order valence-electron chi connectivity index (χ0n) is 15.7. The van der Waals surface area contributed by atoms with Crippen LogP contribution in [0.4, 0.5) is 0 Å². The molecular formula is C21H16N6O2S. The summed E-state index contributed by atoms with van der Waals surface area (Å²) in [6.45, 7) is 0.642. The summed E-state index contributed by atoms with van der Waals surface area (Å²) in [6, 6.07) is 18.7. The highest BCUT2D eigenvalue weighted by atomic mass is 32.1. The predicted molar refractivity (Wildman–Crippen MR) is 114 cm³/mol. The molecule has 0 aliphatic carbocycles. The van der Waals surface area contributed by atoms with Crippen LogP contribution < -0.4 is 10.1 Å². The number of carbonyl (C=O) groups is 1. The van der Waals surface area contributed by atoms with Crippen LogP contribution in [0.3, 0.4) is 0 Å². The van der Waals surface area contributed by atoms with Gasteiger partial charge in [0.05, 0.1) is 22.3 Å². The van der Waals surface area contributed by atoms with Gasteiger partial charge in [-0.15, -0.1) is 26.6 Å². The molecule has 0 saturated heterocycles. The fourth-order valence-corrected chi connectivity index (χ4v) is 3.75. The molecule has 0 aliphatic rings. The van der Waals surface area contributed by atoms with Gasteiger partial charge in [0.25, 0.3) is 5.91 Å². The van der Waals surface area contributed by atoms with Crippen LogP contribution in [0.1, 0.15) is 10.4 Å². The van der Waals surface area contributed by atoms with Crippen LogP contribution in [-0.2, 0) is 0 Å². The number of hydrogen-bond acceptors (Lipinski definition) is 7. The molecule has 0 spiro atoms. The Morgan fingerprint density at radius 3 is 2.87 bits per heavy atom. The summed E-state index contributed by atoms with van der Waals surface area (Å²) in [6.07, 6.45) is 0. The molecule has 1 N–H and O–H groups in total. The van der Waals surface area contributed by atoms with Crippen LogP contribution in [0.25, 0.3) is 27.3 Å². The van der Waals surface area contributed by atoms with Crippen LogP contribution in [0.15, 0.2) is 66.2 Å². The van der Waals surface area contributed by atoms with E-state index in [1.54, 1.807) is 28.2 Å². The van der Waals surface area contributed by atoms with Crippen molar-refractivity contribution >= 4 is 33.1 Å². The number of nitrogens with zero attached hydrogens (tertiary/aromatic N) is 5. The van der Waals surface area contributed by atoms with Gasteiger partial charge in [0.15, 0.2) is 11.5 Å². The topological polar surface area (TPSA) is 94.3 Å². The third-order valence-electron chi connectivity index (χ3n) is 4.50. The second kappa shape index (κ2) is 7.88. The molecule has 0 saturated carbocycles. The first kappa shape index (κ1) is 18.2. The van der Waals surface area contributed by atoms with Gasteiger partial charge < -0.3 is 10.1 Å². The van der Waals surface area contributed by atoms with Crippen molar-refractivity contribution in [3.8, 4) is 17.3 Å². The van der Waals surface area contributed by atoms with E-state index in [-0.39, 0.29) is 12.5 Å². The zero-order valence-corrected chi connectivity index (χ0v) is 16.5. The predicted octanol–water partition coefficient (Wildman–Crippen LogP) is 3.21. The van der Waals surface area contributed by atoms with Gasteiger partial charge in [0.1, 0.15) is 6.61 Å². The van der Waals surface area contributed by atoms with Gasteiger partial charge in [0.2, 0.25) is 5.88 Å². The molecule has 1 amide bonds. The molecule has 3 heterocycles. The summed E-state index contributed by atoms with van der Waals surface area (Å²) < 4.78 is 8.34. The van der Waals surface area contributed by atoms with Crippen molar-refractivity contribution in [2.24, 2.45) is 0 Å². The molecule has 0 radical (unpaired) electrons. The Bertz CT molecular complexity index is 1330. The number of rotatable bonds is 6. The van der Waals surface area contributed by atoms with Crippen molar-refractivity contribution < 1.29 is 9.53 Å². The zero-order chi connectivity index (χ0) is 20.3. The molecule has 9 heteroatoms. The molecule has 0 fully saturated rings. The maximum atomic E-state index is 12.3. The Balaban J connectivity index is 1.22. The average molecular weight is 416 g/mol. The second-order valence-electron chi connectivity index (χ2n) is 6.47. The Labute approximate surface area is 175 Å². The molecule has 30 heavy (non-hydrogen) atoms. The number of carbonyl (C=O) groups excluding carboxylic acids is 1. The number of hydrogen-bond donors (Lipinski definition) is 1. The number of nitrogens with one attached hydrogen (secondary N) is 1. The van der Waals surface area contributed by atoms with E-state index in [9.17, 15) is 4.79 Å². The van der Waals surface area contributed by atoms with Gasteiger partial charge in [-0.2, -0.15) is 4.52 Å². The summed E-state index contributed by atoms with van der Waals surface area (Å²) >= 11 is 1.51. The van der Waals surface area contributed by atoms with E-state index in [1.165, 1.54) is 11.3 Å². The van der Waals surface area contributed by atoms with Gasteiger partial charge in [0, 0.05) is 17.2 Å². The van der Waals surface area contributed by atoms with E-state index >= 15 is 0 Å². The molecular weight excluding hydrogens is 400 g/mol. The number of aromatic nitrogens is 5. The second-order valence-corrected chi connectivity index (χ2v) is 7.36. The Morgan fingerprint density at radius 2 is 1.97 bits per heavy atom. The lowest BCUT2D eigenvalue weighted by molar-refractivity contribution is 0.0946. The van der Waals surface area contributed by atoms with Gasteiger partial charge in [-0.1, -0.05) is 30.3 Å². The normalized spacial score (nSPS) is 11.1. The number of thiazole rings is 1. The molecule has 3 aromatic heterocycles. The first-order chi connectivity index (χ1) is 14.8. The largest absolute Gasteiger partial charge is 0.475 e. The van der Waals surface area contributed by atoms with Crippen LogP contribution >= 0.6 is 11.3 Å². The molecule has 5 rings (SSSR count). The fraction of sp³-hybridized carbons (Fsp3) is 0.0952. The molecule has 2 aromatic carbocycles. The van der Waals surface area contributed by atoms with Crippen molar-refractivity contribution in [3.05, 3.63) is 71.7 Å². The molecule has 8 nitrogen and oxygen atoms in total. The Kier molecular flexibility index (Phi) is 4.78. The first-order valence-corrected chi connectivity index (χ1v) is 10.2. The standard InChI is InChI=1S/C21H16N6O2S/c28-21(15-6-7-16-17(12-15)30-13-23-16)22-10-11-29-19-9-8-18-24-25-20(27(18)26-19)14-4-2-1-3-5-14/h1-9,12-13H,10-11H2,(H,22,28). The highest BCUT2D eigenvalue weighted by molar-refractivity contribution is 7.16.